The van der Waals surface area contributed by atoms with E-state index in [1.54, 1.807) is 0 Å². The Morgan fingerprint density at radius 1 is 0.812 bits per heavy atom. The second-order valence-corrected chi connectivity index (χ2v) is 8.34. The molecule has 2 aliphatic heterocycles. The Kier molecular flexibility index (Phi) is 7.74. The number of nitrogens with one attached hydrogen (secondary N) is 1. The lowest BCUT2D eigenvalue weighted by Gasteiger charge is -2.35. The monoisotopic (exact) mass is 436 g/mol. The first-order chi connectivity index (χ1) is 15.7. The molecule has 0 spiro atoms. The fraction of sp³-hybridized carbons (Fsp3) is 0.440. The van der Waals surface area contributed by atoms with Crippen molar-refractivity contribution in [2.75, 3.05) is 59.0 Å². The maximum Gasteiger partial charge on any atom is 0.317 e. The van der Waals surface area contributed by atoms with E-state index in [2.05, 4.69) is 34.5 Å². The van der Waals surface area contributed by atoms with E-state index >= 15 is 0 Å². The van der Waals surface area contributed by atoms with Crippen LogP contribution in [0.5, 0.6) is 0 Å². The summed E-state index contributed by atoms with van der Waals surface area (Å²) in [5, 5.41) is 3.03. The second-order valence-electron chi connectivity index (χ2n) is 8.34. The van der Waals surface area contributed by atoms with E-state index in [0.29, 0.717) is 45.9 Å². The van der Waals surface area contributed by atoms with Crippen molar-refractivity contribution in [2.45, 2.75) is 12.5 Å². The number of rotatable bonds is 6. The Balaban J connectivity index is 1.31. The molecule has 7 nitrogen and oxygen atoms in total. The summed E-state index contributed by atoms with van der Waals surface area (Å²) < 4.78 is 5.38. The molecule has 1 N–H and O–H groups in total. The van der Waals surface area contributed by atoms with Crippen molar-refractivity contribution >= 4 is 11.9 Å². The van der Waals surface area contributed by atoms with Crippen molar-refractivity contribution in [1.29, 1.82) is 0 Å². The third-order valence-corrected chi connectivity index (χ3v) is 6.19. The molecule has 2 aromatic carbocycles. The zero-order chi connectivity index (χ0) is 22.2. The number of amides is 3. The lowest BCUT2D eigenvalue weighted by molar-refractivity contribution is -0.136. The lowest BCUT2D eigenvalue weighted by Crippen LogP contribution is -2.52. The highest BCUT2D eigenvalue weighted by atomic mass is 16.5. The van der Waals surface area contributed by atoms with Crippen molar-refractivity contribution in [2.24, 2.45) is 0 Å². The smallest absolute Gasteiger partial charge is 0.317 e. The van der Waals surface area contributed by atoms with Crippen molar-refractivity contribution in [3.63, 3.8) is 0 Å². The van der Waals surface area contributed by atoms with Crippen LogP contribution in [-0.2, 0) is 16.1 Å². The molecule has 2 heterocycles. The molecular formula is C25H32N4O3. The van der Waals surface area contributed by atoms with Crippen LogP contribution in [0, 0.1) is 0 Å². The molecule has 0 aliphatic carbocycles. The number of piperazine rings is 1. The van der Waals surface area contributed by atoms with Gasteiger partial charge in [-0.25, -0.2) is 4.79 Å². The summed E-state index contributed by atoms with van der Waals surface area (Å²) in [7, 11) is 0. The van der Waals surface area contributed by atoms with Crippen LogP contribution in [0.2, 0.25) is 0 Å². The molecule has 3 amide bonds. The van der Waals surface area contributed by atoms with Crippen LogP contribution in [0.25, 0.3) is 0 Å². The Hall–Kier alpha value is -2.90. The van der Waals surface area contributed by atoms with Gasteiger partial charge in [-0.3, -0.25) is 9.69 Å². The maximum atomic E-state index is 13.2. The first-order valence-electron chi connectivity index (χ1n) is 11.4. The van der Waals surface area contributed by atoms with Gasteiger partial charge in [-0.1, -0.05) is 60.7 Å². The van der Waals surface area contributed by atoms with Gasteiger partial charge in [0, 0.05) is 52.4 Å². The minimum Gasteiger partial charge on any atom is -0.378 e. The van der Waals surface area contributed by atoms with Crippen LogP contribution in [0.3, 0.4) is 0 Å². The minimum atomic E-state index is -0.391. The van der Waals surface area contributed by atoms with Crippen LogP contribution >= 0.6 is 0 Å². The van der Waals surface area contributed by atoms with Gasteiger partial charge < -0.3 is 19.9 Å². The first kappa shape index (κ1) is 22.3. The average molecular weight is 437 g/mol. The van der Waals surface area contributed by atoms with E-state index in [-0.39, 0.29) is 11.9 Å². The number of carbonyl (C=O) groups excluding carboxylic acids is 2. The number of hydrogen-bond donors (Lipinski definition) is 1. The predicted molar refractivity (Wildman–Crippen MR) is 123 cm³/mol. The quantitative estimate of drug-likeness (QED) is 0.754. The third kappa shape index (κ3) is 5.87. The molecule has 2 saturated heterocycles. The largest absolute Gasteiger partial charge is 0.378 e. The Morgan fingerprint density at radius 3 is 2.09 bits per heavy atom. The normalized spacial score (nSPS) is 18.2. The number of ether oxygens (including phenoxy) is 1. The molecule has 1 unspecified atom stereocenters. The summed E-state index contributed by atoms with van der Waals surface area (Å²) in [5.41, 5.74) is 2.22. The van der Waals surface area contributed by atoms with Gasteiger partial charge in [-0.2, -0.15) is 0 Å². The highest BCUT2D eigenvalue weighted by Gasteiger charge is 2.29. The number of hydrogen-bond acceptors (Lipinski definition) is 4. The van der Waals surface area contributed by atoms with Gasteiger partial charge >= 0.3 is 6.03 Å². The summed E-state index contributed by atoms with van der Waals surface area (Å²) in [4.78, 5) is 32.1. The van der Waals surface area contributed by atoms with Crippen molar-refractivity contribution in [3.8, 4) is 0 Å². The number of morpholine rings is 1. The van der Waals surface area contributed by atoms with Crippen LogP contribution in [0.15, 0.2) is 60.7 Å². The molecule has 2 aliphatic rings. The summed E-state index contributed by atoms with van der Waals surface area (Å²) in [6.45, 7) is 6.58. The minimum absolute atomic E-state index is 0.0486. The number of nitrogens with zero attached hydrogens (tertiary/aromatic N) is 3. The third-order valence-electron chi connectivity index (χ3n) is 6.19. The summed E-state index contributed by atoms with van der Waals surface area (Å²) in [5.74, 6) is -0.342. The molecular weight excluding hydrogens is 404 g/mol. The molecule has 2 aromatic rings. The van der Waals surface area contributed by atoms with Crippen LogP contribution in [0.1, 0.15) is 17.0 Å². The number of urea groups is 1. The fourth-order valence-electron chi connectivity index (χ4n) is 4.29. The summed E-state index contributed by atoms with van der Waals surface area (Å²) in [6.07, 6.45) is 0. The zero-order valence-corrected chi connectivity index (χ0v) is 18.5. The van der Waals surface area contributed by atoms with E-state index in [1.807, 2.05) is 46.2 Å². The van der Waals surface area contributed by atoms with Crippen LogP contribution in [0.4, 0.5) is 4.79 Å². The van der Waals surface area contributed by atoms with Gasteiger partial charge in [0.05, 0.1) is 19.1 Å². The predicted octanol–water partition coefficient (Wildman–Crippen LogP) is 2.16. The van der Waals surface area contributed by atoms with Gasteiger partial charge in [0.1, 0.15) is 0 Å². The topological polar surface area (TPSA) is 65.1 Å². The molecule has 0 bridgehead atoms. The van der Waals surface area contributed by atoms with Gasteiger partial charge in [0.2, 0.25) is 5.91 Å². The summed E-state index contributed by atoms with van der Waals surface area (Å²) in [6, 6.07) is 20.0. The molecule has 0 saturated carbocycles. The van der Waals surface area contributed by atoms with Gasteiger partial charge in [-0.05, 0) is 11.1 Å². The summed E-state index contributed by atoms with van der Waals surface area (Å²) >= 11 is 0. The number of carbonyl (C=O) groups is 2. The first-order valence-corrected chi connectivity index (χ1v) is 11.4. The van der Waals surface area contributed by atoms with Gasteiger partial charge in [0.15, 0.2) is 0 Å². The van der Waals surface area contributed by atoms with Gasteiger partial charge in [-0.15, -0.1) is 0 Å². The number of benzene rings is 2. The van der Waals surface area contributed by atoms with Crippen molar-refractivity contribution in [1.82, 2.24) is 20.0 Å². The standard InChI is InChI=1S/C25H32N4O3/c30-24(28-15-17-32-18-16-28)23(22-9-5-2-6-10-22)19-26-25(31)29-13-11-27(12-14-29)20-21-7-3-1-4-8-21/h1-10,23H,11-20H2,(H,26,31). The van der Waals surface area contributed by atoms with E-state index in [0.717, 1.165) is 25.2 Å². The van der Waals surface area contributed by atoms with Crippen LogP contribution < -0.4 is 5.32 Å². The van der Waals surface area contributed by atoms with Crippen molar-refractivity contribution < 1.29 is 14.3 Å². The van der Waals surface area contributed by atoms with Gasteiger partial charge in [0.25, 0.3) is 0 Å². The highest BCUT2D eigenvalue weighted by molar-refractivity contribution is 5.85. The molecule has 0 radical (unpaired) electrons. The molecule has 4 rings (SSSR count). The van der Waals surface area contributed by atoms with E-state index in [4.69, 9.17) is 4.74 Å². The Labute approximate surface area is 189 Å². The maximum absolute atomic E-state index is 13.2. The van der Waals surface area contributed by atoms with Crippen LogP contribution in [-0.4, -0.2) is 85.7 Å². The average Bonchev–Trinajstić information content (AvgIpc) is 2.86. The Morgan fingerprint density at radius 2 is 1.44 bits per heavy atom. The highest BCUT2D eigenvalue weighted by Crippen LogP contribution is 2.19. The molecule has 170 valence electrons. The molecule has 0 aromatic heterocycles. The SMILES string of the molecule is O=C(NCC(C(=O)N1CCOCC1)c1ccccc1)N1CCN(Cc2ccccc2)CC1. The molecule has 1 atom stereocenters. The fourth-order valence-corrected chi connectivity index (χ4v) is 4.29. The van der Waals surface area contributed by atoms with E-state index < -0.39 is 5.92 Å². The zero-order valence-electron chi connectivity index (χ0n) is 18.5. The molecule has 32 heavy (non-hydrogen) atoms. The second kappa shape index (κ2) is 11.1. The van der Waals surface area contributed by atoms with E-state index in [1.165, 1.54) is 5.56 Å². The lowest BCUT2D eigenvalue weighted by atomic mass is 9.97. The Bertz CT molecular complexity index is 863. The molecule has 2 fully saturated rings. The van der Waals surface area contributed by atoms with E-state index in [9.17, 15) is 9.59 Å². The molecule has 7 heteroatoms. The van der Waals surface area contributed by atoms with Crippen molar-refractivity contribution in [3.05, 3.63) is 71.8 Å².